The van der Waals surface area contributed by atoms with Crippen LogP contribution in [-0.2, 0) is 9.47 Å². The van der Waals surface area contributed by atoms with Crippen molar-refractivity contribution in [2.75, 3.05) is 13.2 Å². The number of hydrogen-bond donors (Lipinski definition) is 0. The van der Waals surface area contributed by atoms with Crippen molar-refractivity contribution in [3.05, 3.63) is 12.7 Å². The predicted octanol–water partition coefficient (Wildman–Crippen LogP) is 2.97. The molecule has 1 aliphatic heterocycles. The van der Waals surface area contributed by atoms with E-state index in [1.165, 1.54) is 6.42 Å². The van der Waals surface area contributed by atoms with Gasteiger partial charge in [0.15, 0.2) is 6.29 Å². The monoisotopic (exact) mass is 238 g/mol. The van der Waals surface area contributed by atoms with Crippen LogP contribution in [0.3, 0.4) is 0 Å². The molecular formula is C13H22O2Si. The smallest absolute Gasteiger partial charge is 0.158 e. The van der Waals surface area contributed by atoms with Crippen LogP contribution in [0, 0.1) is 11.5 Å². The average molecular weight is 238 g/mol. The Balaban J connectivity index is 2.23. The molecule has 2 nitrogen and oxygen atoms in total. The predicted molar refractivity (Wildman–Crippen MR) is 69.8 cm³/mol. The normalized spacial score (nSPS) is 21.0. The second-order valence-corrected chi connectivity index (χ2v) is 9.21. The lowest BCUT2D eigenvalue weighted by Gasteiger charge is -2.21. The van der Waals surface area contributed by atoms with Crippen LogP contribution in [0.15, 0.2) is 12.7 Å². The molecule has 0 aromatic carbocycles. The van der Waals surface area contributed by atoms with Gasteiger partial charge >= 0.3 is 0 Å². The van der Waals surface area contributed by atoms with Crippen molar-refractivity contribution < 1.29 is 9.47 Å². The summed E-state index contributed by atoms with van der Waals surface area (Å²) < 4.78 is 11.0. The first-order chi connectivity index (χ1) is 7.64. The van der Waals surface area contributed by atoms with E-state index in [-0.39, 0.29) is 6.29 Å². The Morgan fingerprint density at radius 3 is 2.94 bits per heavy atom. The highest BCUT2D eigenvalue weighted by atomic mass is 28.3. The van der Waals surface area contributed by atoms with Crippen LogP contribution in [-0.4, -0.2) is 27.6 Å². The third-order valence-corrected chi connectivity index (χ3v) is 4.72. The van der Waals surface area contributed by atoms with E-state index in [9.17, 15) is 0 Å². The van der Waals surface area contributed by atoms with Crippen molar-refractivity contribution >= 4 is 8.07 Å². The summed E-state index contributed by atoms with van der Waals surface area (Å²) in [6.07, 6.45) is 5.31. The number of allylic oxidation sites excluding steroid dienone is 1. The second kappa shape index (κ2) is 6.90. The minimum absolute atomic E-state index is 0.0211. The van der Waals surface area contributed by atoms with Crippen LogP contribution in [0.5, 0.6) is 0 Å². The van der Waals surface area contributed by atoms with Crippen LogP contribution < -0.4 is 0 Å². The molecule has 1 saturated heterocycles. The van der Waals surface area contributed by atoms with Gasteiger partial charge in [0.05, 0.1) is 0 Å². The maximum Gasteiger partial charge on any atom is 0.158 e. The molecule has 1 unspecified atom stereocenters. The third kappa shape index (κ3) is 5.50. The third-order valence-electron chi connectivity index (χ3n) is 2.56. The molecule has 0 radical (unpaired) electrons. The summed E-state index contributed by atoms with van der Waals surface area (Å²) in [7, 11) is -1.39. The largest absolute Gasteiger partial charge is 0.353 e. The molecule has 90 valence electrons. The van der Waals surface area contributed by atoms with Gasteiger partial charge in [0.25, 0.3) is 0 Å². The quantitative estimate of drug-likeness (QED) is 0.426. The van der Waals surface area contributed by atoms with Crippen molar-refractivity contribution in [3.63, 3.8) is 0 Å². The van der Waals surface area contributed by atoms with Crippen LogP contribution in [0.25, 0.3) is 0 Å². The van der Waals surface area contributed by atoms with Gasteiger partial charge < -0.3 is 9.47 Å². The van der Waals surface area contributed by atoms with Crippen LogP contribution in [0.4, 0.5) is 0 Å². The fourth-order valence-electron chi connectivity index (χ4n) is 1.66. The molecule has 1 aliphatic rings. The number of hydrogen-bond acceptors (Lipinski definition) is 2. The summed E-state index contributed by atoms with van der Waals surface area (Å²) in [4.78, 5) is 0. The maximum atomic E-state index is 5.56. The molecule has 1 atom stereocenters. The topological polar surface area (TPSA) is 18.5 Å². The summed E-state index contributed by atoms with van der Waals surface area (Å²) in [6.45, 7) is 9.59. The molecule has 0 N–H and O–H groups in total. The zero-order valence-electron chi connectivity index (χ0n) is 10.4. The molecule has 0 bridgehead atoms. The molecule has 3 heteroatoms. The van der Waals surface area contributed by atoms with Crippen molar-refractivity contribution in [2.45, 2.75) is 44.7 Å². The Morgan fingerprint density at radius 1 is 1.50 bits per heavy atom. The molecule has 0 spiro atoms. The van der Waals surface area contributed by atoms with Crippen molar-refractivity contribution in [2.24, 2.45) is 0 Å². The van der Waals surface area contributed by atoms with E-state index in [1.807, 2.05) is 6.08 Å². The van der Waals surface area contributed by atoms with Gasteiger partial charge in [-0.15, -0.1) is 12.1 Å². The van der Waals surface area contributed by atoms with E-state index in [2.05, 4.69) is 31.1 Å². The Labute approximate surface area is 100 Å². The lowest BCUT2D eigenvalue weighted by Crippen LogP contribution is -2.24. The van der Waals surface area contributed by atoms with Gasteiger partial charge in [0.1, 0.15) is 14.7 Å². The van der Waals surface area contributed by atoms with Gasteiger partial charge in [-0.05, 0) is 25.3 Å². The van der Waals surface area contributed by atoms with Crippen molar-refractivity contribution in [1.29, 1.82) is 0 Å². The minimum Gasteiger partial charge on any atom is -0.353 e. The van der Waals surface area contributed by atoms with E-state index in [1.54, 1.807) is 0 Å². The molecule has 0 amide bonds. The van der Waals surface area contributed by atoms with Crippen molar-refractivity contribution in [3.8, 4) is 11.5 Å². The molecule has 1 heterocycles. The highest BCUT2D eigenvalue weighted by molar-refractivity contribution is 6.85. The molecule has 0 aliphatic carbocycles. The Morgan fingerprint density at radius 2 is 2.31 bits per heavy atom. The van der Waals surface area contributed by atoms with Crippen LogP contribution in [0.1, 0.15) is 19.3 Å². The summed E-state index contributed by atoms with van der Waals surface area (Å²) in [5.41, 5.74) is 3.34. The van der Waals surface area contributed by atoms with Gasteiger partial charge in [0, 0.05) is 6.61 Å². The molecule has 16 heavy (non-hydrogen) atoms. The minimum atomic E-state index is -1.39. The first-order valence-corrected chi connectivity index (χ1v) is 9.19. The Bertz CT molecular complexity index is 269. The highest BCUT2D eigenvalue weighted by Crippen LogP contribution is 2.13. The highest BCUT2D eigenvalue weighted by Gasteiger charge is 2.15. The molecule has 1 fully saturated rings. The second-order valence-electron chi connectivity index (χ2n) is 4.79. The first-order valence-electron chi connectivity index (χ1n) is 5.98. The lowest BCUT2D eigenvalue weighted by molar-refractivity contribution is -0.154. The number of rotatable bonds is 4. The average Bonchev–Trinajstić information content (AvgIpc) is 2.26. The van der Waals surface area contributed by atoms with Crippen molar-refractivity contribution in [1.82, 2.24) is 0 Å². The SMILES string of the molecule is C=CC[Si](C)(C)C#CCOC1CCCCO1. The van der Waals surface area contributed by atoms with E-state index >= 15 is 0 Å². The summed E-state index contributed by atoms with van der Waals surface area (Å²) in [6, 6.07) is 1.04. The van der Waals surface area contributed by atoms with Crippen LogP contribution >= 0.6 is 0 Å². The van der Waals surface area contributed by atoms with E-state index in [4.69, 9.17) is 9.47 Å². The van der Waals surface area contributed by atoms with Gasteiger partial charge in [-0.2, -0.15) is 0 Å². The van der Waals surface area contributed by atoms with Gasteiger partial charge in [0.2, 0.25) is 0 Å². The fraction of sp³-hybridized carbons (Fsp3) is 0.692. The fourth-order valence-corrected chi connectivity index (χ4v) is 3.04. The maximum absolute atomic E-state index is 5.56. The number of ether oxygens (including phenoxy) is 2. The van der Waals surface area contributed by atoms with Crippen LogP contribution in [0.2, 0.25) is 19.1 Å². The zero-order valence-corrected chi connectivity index (χ0v) is 11.4. The zero-order chi connectivity index (χ0) is 11.9. The van der Waals surface area contributed by atoms with Gasteiger partial charge in [-0.25, -0.2) is 0 Å². The Hall–Kier alpha value is -0.563. The van der Waals surface area contributed by atoms with E-state index in [0.717, 1.165) is 25.5 Å². The summed E-state index contributed by atoms with van der Waals surface area (Å²) in [5, 5.41) is 0. The van der Waals surface area contributed by atoms with Gasteiger partial charge in [-0.1, -0.05) is 25.1 Å². The Kier molecular flexibility index (Phi) is 5.82. The molecule has 0 aromatic rings. The van der Waals surface area contributed by atoms with Gasteiger partial charge in [-0.3, -0.25) is 0 Å². The summed E-state index contributed by atoms with van der Waals surface area (Å²) >= 11 is 0. The standard InChI is InChI=1S/C13H22O2Si/c1-4-11-16(2,3)12-7-10-15-13-8-5-6-9-14-13/h4,13H,1,5-6,8-11H2,2-3H3. The molecular weight excluding hydrogens is 216 g/mol. The molecule has 0 saturated carbocycles. The molecule has 1 rings (SSSR count). The molecule has 0 aromatic heterocycles. The van der Waals surface area contributed by atoms with E-state index < -0.39 is 8.07 Å². The van der Waals surface area contributed by atoms with E-state index in [0.29, 0.717) is 6.61 Å². The first kappa shape index (κ1) is 13.5. The lowest BCUT2D eigenvalue weighted by atomic mass is 10.2. The summed E-state index contributed by atoms with van der Waals surface area (Å²) in [5.74, 6) is 3.12.